The molecule has 0 fully saturated rings. The van der Waals surface area contributed by atoms with Crippen molar-refractivity contribution < 1.29 is 18.9 Å². The van der Waals surface area contributed by atoms with Gasteiger partial charge in [0.1, 0.15) is 11.5 Å². The Bertz CT molecular complexity index is 977. The van der Waals surface area contributed by atoms with E-state index in [2.05, 4.69) is 5.32 Å². The second kappa shape index (κ2) is 7.92. The minimum absolute atomic E-state index is 0.313. The molecule has 0 aliphatic carbocycles. The number of methoxy groups -OCH3 is 1. The largest absolute Gasteiger partial charge is 0.497 e. The lowest BCUT2D eigenvalue weighted by Gasteiger charge is -2.13. The second-order valence-corrected chi connectivity index (χ2v) is 6.49. The number of benzene rings is 3. The van der Waals surface area contributed by atoms with Crippen molar-refractivity contribution in [1.29, 1.82) is 0 Å². The van der Waals surface area contributed by atoms with Crippen molar-refractivity contribution in [3.8, 4) is 11.5 Å². The van der Waals surface area contributed by atoms with Gasteiger partial charge in [-0.05, 0) is 65.7 Å². The Morgan fingerprint density at radius 3 is 2.62 bits per heavy atom. The fourth-order valence-electron chi connectivity index (χ4n) is 2.65. The molecular weight excluding hydrogens is 373 g/mol. The van der Waals surface area contributed by atoms with Crippen molar-refractivity contribution >= 4 is 43.0 Å². The van der Waals surface area contributed by atoms with Crippen molar-refractivity contribution in [2.24, 2.45) is 0 Å². The Morgan fingerprint density at radius 2 is 1.92 bits per heavy atom. The molecule has 3 rings (SSSR count). The first-order chi connectivity index (χ1) is 12.5. The van der Waals surface area contributed by atoms with Gasteiger partial charge in [0.15, 0.2) is 0 Å². The zero-order valence-electron chi connectivity index (χ0n) is 14.2. The third kappa shape index (κ3) is 3.91. The summed E-state index contributed by atoms with van der Waals surface area (Å²) in [6.07, 6.45) is 0. The molecule has 3 aromatic rings. The van der Waals surface area contributed by atoms with Crippen LogP contribution >= 0.6 is 20.6 Å². The Labute approximate surface area is 157 Å². The SMILES string of the molecule is COc1ccc2cc(OPO)c(C(=O)Nc3ccc(Cl)cc3C)cc2c1. The predicted octanol–water partition coefficient (Wildman–Crippen LogP) is 4.94. The molecule has 0 radical (unpaired) electrons. The molecule has 2 N–H and O–H groups in total. The molecule has 1 unspecified atom stereocenters. The van der Waals surface area contributed by atoms with Crippen molar-refractivity contribution in [2.45, 2.75) is 6.92 Å². The fraction of sp³-hybridized carbons (Fsp3) is 0.105. The van der Waals surface area contributed by atoms with Gasteiger partial charge in [-0.25, -0.2) is 0 Å². The number of rotatable bonds is 5. The summed E-state index contributed by atoms with van der Waals surface area (Å²) in [7, 11) is 0.821. The molecule has 0 spiro atoms. The number of nitrogens with one attached hydrogen (secondary N) is 1. The molecule has 5 nitrogen and oxygen atoms in total. The standard InChI is InChI=1S/C19H17ClNO4P/c1-11-7-14(20)4-6-17(11)21-19(22)16-9-13-8-15(24-2)5-3-12(13)10-18(16)25-26-23/h3-10,23,26H,1-2H3,(H,21,22). The fourth-order valence-corrected chi connectivity index (χ4v) is 3.14. The number of hydrogen-bond donors (Lipinski definition) is 2. The molecule has 0 saturated carbocycles. The van der Waals surface area contributed by atoms with E-state index in [4.69, 9.17) is 20.9 Å². The van der Waals surface area contributed by atoms with Crippen LogP contribution in [0.2, 0.25) is 5.02 Å². The van der Waals surface area contributed by atoms with Gasteiger partial charge in [0, 0.05) is 10.7 Å². The molecule has 0 saturated heterocycles. The van der Waals surface area contributed by atoms with E-state index in [-0.39, 0.29) is 5.91 Å². The molecule has 0 heterocycles. The number of fused-ring (bicyclic) bond motifs is 1. The van der Waals surface area contributed by atoms with E-state index < -0.39 is 9.03 Å². The lowest BCUT2D eigenvalue weighted by Crippen LogP contribution is -2.13. The first kappa shape index (κ1) is 18.5. The van der Waals surface area contributed by atoms with Gasteiger partial charge in [-0.2, -0.15) is 0 Å². The van der Waals surface area contributed by atoms with Crippen molar-refractivity contribution in [2.75, 3.05) is 12.4 Å². The number of aryl methyl sites for hydroxylation is 1. The zero-order valence-corrected chi connectivity index (χ0v) is 15.9. The Hall–Kier alpha value is -2.33. The van der Waals surface area contributed by atoms with E-state index in [0.717, 1.165) is 16.3 Å². The molecule has 1 atom stereocenters. The minimum atomic E-state index is -0.765. The number of amides is 1. The number of carbonyl (C=O) groups excluding carboxylic acids is 1. The Kier molecular flexibility index (Phi) is 5.62. The lowest BCUT2D eigenvalue weighted by atomic mass is 10.0. The Morgan fingerprint density at radius 1 is 1.12 bits per heavy atom. The molecule has 0 aliphatic heterocycles. The van der Waals surface area contributed by atoms with E-state index in [1.54, 1.807) is 37.4 Å². The predicted molar refractivity (Wildman–Crippen MR) is 106 cm³/mol. The first-order valence-electron chi connectivity index (χ1n) is 7.77. The summed E-state index contributed by atoms with van der Waals surface area (Å²) in [6, 6.07) is 14.2. The van der Waals surface area contributed by atoms with Crippen LogP contribution in [-0.4, -0.2) is 17.9 Å². The molecule has 3 aromatic carbocycles. The topological polar surface area (TPSA) is 67.8 Å². The van der Waals surface area contributed by atoms with Crippen molar-refractivity contribution in [3.05, 3.63) is 64.7 Å². The van der Waals surface area contributed by atoms with Crippen LogP contribution in [-0.2, 0) is 0 Å². The number of hydrogen-bond acceptors (Lipinski definition) is 4. The second-order valence-electron chi connectivity index (χ2n) is 5.67. The van der Waals surface area contributed by atoms with Gasteiger partial charge < -0.3 is 19.5 Å². The van der Waals surface area contributed by atoms with E-state index in [1.807, 2.05) is 25.1 Å². The van der Waals surface area contributed by atoms with Gasteiger partial charge in [-0.3, -0.25) is 4.79 Å². The number of carbonyl (C=O) groups is 1. The van der Waals surface area contributed by atoms with Crippen LogP contribution in [0.3, 0.4) is 0 Å². The number of anilines is 1. The zero-order chi connectivity index (χ0) is 18.7. The summed E-state index contributed by atoms with van der Waals surface area (Å²) < 4.78 is 10.5. The quantitative estimate of drug-likeness (QED) is 0.606. The smallest absolute Gasteiger partial charge is 0.259 e. The first-order valence-corrected chi connectivity index (χ1v) is 9.00. The summed E-state index contributed by atoms with van der Waals surface area (Å²) >= 11 is 5.96. The van der Waals surface area contributed by atoms with Gasteiger partial charge >= 0.3 is 0 Å². The van der Waals surface area contributed by atoms with Crippen LogP contribution in [0.4, 0.5) is 5.69 Å². The van der Waals surface area contributed by atoms with Gasteiger partial charge in [-0.15, -0.1) is 0 Å². The van der Waals surface area contributed by atoms with E-state index in [1.165, 1.54) is 0 Å². The summed E-state index contributed by atoms with van der Waals surface area (Å²) in [6.45, 7) is 1.86. The molecule has 7 heteroatoms. The molecule has 0 aliphatic rings. The molecule has 26 heavy (non-hydrogen) atoms. The molecule has 134 valence electrons. The number of halogens is 1. The number of ether oxygens (including phenoxy) is 1. The van der Waals surface area contributed by atoms with Gasteiger partial charge in [0.2, 0.25) is 9.03 Å². The normalized spacial score (nSPS) is 11.1. The summed E-state index contributed by atoms with van der Waals surface area (Å²) in [5.41, 5.74) is 1.82. The third-order valence-corrected chi connectivity index (χ3v) is 4.53. The van der Waals surface area contributed by atoms with E-state index >= 15 is 0 Å². The van der Waals surface area contributed by atoms with Crippen LogP contribution in [0.15, 0.2) is 48.5 Å². The maximum absolute atomic E-state index is 12.8. The third-order valence-electron chi connectivity index (χ3n) is 3.98. The average molecular weight is 390 g/mol. The molecule has 0 aromatic heterocycles. The van der Waals surface area contributed by atoms with E-state index in [0.29, 0.717) is 27.8 Å². The molecule has 0 bridgehead atoms. The Balaban J connectivity index is 2.02. The van der Waals surface area contributed by atoms with Crippen LogP contribution in [0.5, 0.6) is 11.5 Å². The highest BCUT2D eigenvalue weighted by atomic mass is 35.5. The summed E-state index contributed by atoms with van der Waals surface area (Å²) in [5.74, 6) is 0.663. The lowest BCUT2D eigenvalue weighted by molar-refractivity contribution is 0.102. The van der Waals surface area contributed by atoms with E-state index in [9.17, 15) is 9.69 Å². The highest BCUT2D eigenvalue weighted by Crippen LogP contribution is 2.32. The summed E-state index contributed by atoms with van der Waals surface area (Å²) in [4.78, 5) is 22.0. The molecule has 1 amide bonds. The highest BCUT2D eigenvalue weighted by Gasteiger charge is 2.16. The van der Waals surface area contributed by atoms with Gasteiger partial charge in [-0.1, -0.05) is 17.7 Å². The van der Waals surface area contributed by atoms with Gasteiger partial charge in [0.05, 0.1) is 12.7 Å². The van der Waals surface area contributed by atoms with Crippen LogP contribution in [0.25, 0.3) is 10.8 Å². The maximum atomic E-state index is 12.8. The molecular formula is C19H17ClNO4P. The van der Waals surface area contributed by atoms with Crippen LogP contribution in [0, 0.1) is 6.92 Å². The monoisotopic (exact) mass is 389 g/mol. The van der Waals surface area contributed by atoms with Crippen molar-refractivity contribution in [1.82, 2.24) is 0 Å². The summed E-state index contributed by atoms with van der Waals surface area (Å²) in [5, 5.41) is 5.16. The maximum Gasteiger partial charge on any atom is 0.259 e. The van der Waals surface area contributed by atoms with Crippen LogP contribution < -0.4 is 14.6 Å². The average Bonchev–Trinajstić information content (AvgIpc) is 2.63. The van der Waals surface area contributed by atoms with Crippen LogP contribution in [0.1, 0.15) is 15.9 Å². The van der Waals surface area contributed by atoms with Crippen molar-refractivity contribution in [3.63, 3.8) is 0 Å². The van der Waals surface area contributed by atoms with Gasteiger partial charge in [0.25, 0.3) is 5.91 Å². The minimum Gasteiger partial charge on any atom is -0.497 e. The highest BCUT2D eigenvalue weighted by molar-refractivity contribution is 7.25.